The second-order valence-electron chi connectivity index (χ2n) is 8.75. The van der Waals surface area contributed by atoms with Gasteiger partial charge in [-0.1, -0.05) is 133 Å². The maximum Gasteiger partial charge on any atom is 0.0362 e. The van der Waals surface area contributed by atoms with Crippen molar-refractivity contribution in [1.29, 1.82) is 0 Å². The Morgan fingerprint density at radius 1 is 0.600 bits per heavy atom. The van der Waals surface area contributed by atoms with E-state index in [0.717, 1.165) is 6.42 Å². The summed E-state index contributed by atoms with van der Waals surface area (Å²) in [5.74, 6) is 0. The predicted octanol–water partition coefficient (Wildman–Crippen LogP) is 6.70. The maximum absolute atomic E-state index is 2.61. The van der Waals surface area contributed by atoms with Gasteiger partial charge >= 0.3 is 0 Å². The van der Waals surface area contributed by atoms with Crippen LogP contribution >= 0.6 is 16.0 Å². The fraction of sp³-hybridized carbons (Fsp3) is 0.125. The summed E-state index contributed by atoms with van der Waals surface area (Å²) in [4.78, 5) is 0. The predicted molar refractivity (Wildman–Crippen MR) is 156 cm³/mol. The first-order valence-electron chi connectivity index (χ1n) is 12.2. The van der Waals surface area contributed by atoms with Gasteiger partial charge in [0.1, 0.15) is 0 Å². The van der Waals surface area contributed by atoms with Crippen LogP contribution < -0.4 is 21.2 Å². The van der Waals surface area contributed by atoms with Crippen molar-refractivity contribution >= 4 is 37.2 Å². The third-order valence-corrected chi connectivity index (χ3v) is 11.7. The second kappa shape index (κ2) is 11.3. The summed E-state index contributed by atoms with van der Waals surface area (Å²) in [5, 5.41) is 7.20. The van der Waals surface area contributed by atoms with Crippen LogP contribution in [-0.4, -0.2) is 17.8 Å². The number of allylic oxidation sites excluding steroid dienone is 2. The molecule has 0 aromatic heterocycles. The fourth-order valence-corrected chi connectivity index (χ4v) is 9.83. The number of hydrogen-bond donors (Lipinski definition) is 0. The Balaban J connectivity index is 1.57. The molecule has 0 aliphatic heterocycles. The third kappa shape index (κ3) is 5.24. The lowest BCUT2D eigenvalue weighted by molar-refractivity contribution is 0.485. The van der Waals surface area contributed by atoms with Gasteiger partial charge in [0.05, 0.1) is 0 Å². The highest BCUT2D eigenvalue weighted by molar-refractivity contribution is 7.76. The van der Waals surface area contributed by atoms with Crippen molar-refractivity contribution in [3.05, 3.63) is 144 Å². The Morgan fingerprint density at radius 3 is 1.43 bits per heavy atom. The smallest absolute Gasteiger partial charge is 0.0362 e. The van der Waals surface area contributed by atoms with E-state index >= 15 is 0 Å². The number of nitrogens with zero attached hydrogens (tertiary/aromatic N) is 1. The molecule has 0 fully saturated rings. The lowest BCUT2D eigenvalue weighted by Gasteiger charge is -2.35. The summed E-state index contributed by atoms with van der Waals surface area (Å²) >= 11 is 0. The first-order valence-corrected chi connectivity index (χ1v) is 14.8. The first kappa shape index (κ1) is 23.9. The molecule has 4 aromatic rings. The van der Waals surface area contributed by atoms with Crippen molar-refractivity contribution in [3.8, 4) is 0 Å². The van der Waals surface area contributed by atoms with Gasteiger partial charge in [0.2, 0.25) is 0 Å². The Hall–Kier alpha value is -2.82. The molecule has 0 radical (unpaired) electrons. The topological polar surface area (TPSA) is 3.24 Å². The molecule has 0 saturated heterocycles. The van der Waals surface area contributed by atoms with E-state index in [1.165, 1.54) is 26.8 Å². The van der Waals surface area contributed by atoms with Gasteiger partial charge in [-0.15, -0.1) is 0 Å². The molecule has 5 rings (SSSR count). The van der Waals surface area contributed by atoms with Crippen LogP contribution in [0.25, 0.3) is 0 Å². The highest BCUT2D eigenvalue weighted by atomic mass is 31.1. The molecular weight excluding hydrogens is 460 g/mol. The van der Waals surface area contributed by atoms with Gasteiger partial charge in [-0.3, -0.25) is 4.67 Å². The largest absolute Gasteiger partial charge is 0.271 e. The molecule has 174 valence electrons. The van der Waals surface area contributed by atoms with Crippen LogP contribution in [0, 0.1) is 0 Å². The molecule has 4 aromatic carbocycles. The van der Waals surface area contributed by atoms with Crippen LogP contribution in [0.1, 0.15) is 13.3 Å². The van der Waals surface area contributed by atoms with Crippen molar-refractivity contribution in [2.45, 2.75) is 19.4 Å². The molecule has 35 heavy (non-hydrogen) atoms. The SMILES string of the molecule is C[C@@H](C1=C(P(c2ccccc2)c2ccccc2)CC=C1)N(C)P(c1ccccc1)c1ccccc1. The molecule has 0 saturated carbocycles. The van der Waals surface area contributed by atoms with Gasteiger partial charge in [0.15, 0.2) is 0 Å². The molecule has 0 heterocycles. The van der Waals surface area contributed by atoms with E-state index < -0.39 is 16.0 Å². The van der Waals surface area contributed by atoms with Gasteiger partial charge in [-0.05, 0) is 60.4 Å². The minimum atomic E-state index is -0.642. The second-order valence-corrected chi connectivity index (χ2v) is 13.3. The van der Waals surface area contributed by atoms with Crippen LogP contribution in [0.15, 0.2) is 144 Å². The molecule has 3 heteroatoms. The summed E-state index contributed by atoms with van der Waals surface area (Å²) in [6.45, 7) is 2.38. The zero-order valence-electron chi connectivity index (χ0n) is 20.3. The van der Waals surface area contributed by atoms with Crippen molar-refractivity contribution in [1.82, 2.24) is 4.67 Å². The quantitative estimate of drug-likeness (QED) is 0.248. The number of rotatable bonds is 8. The van der Waals surface area contributed by atoms with Crippen molar-refractivity contribution in [2.75, 3.05) is 7.05 Å². The molecule has 1 atom stereocenters. The summed E-state index contributed by atoms with van der Waals surface area (Å²) in [5.41, 5.74) is 1.48. The Kier molecular flexibility index (Phi) is 7.70. The third-order valence-electron chi connectivity index (χ3n) is 6.57. The van der Waals surface area contributed by atoms with Crippen LogP contribution in [0.5, 0.6) is 0 Å². The van der Waals surface area contributed by atoms with E-state index in [-0.39, 0.29) is 0 Å². The Bertz CT molecular complexity index is 1210. The minimum Gasteiger partial charge on any atom is -0.271 e. The standard InChI is InChI=1S/C32H31NP2/c1-26(33(2)35(29-20-11-5-12-21-29)30-22-13-6-14-23-30)31-24-15-25-32(31)34(27-16-7-3-8-17-27)28-18-9-4-10-19-28/h3-24,26H,25H2,1-2H3/t26-/m0/s1. The summed E-state index contributed by atoms with van der Waals surface area (Å²) < 4.78 is 2.61. The number of likely N-dealkylation sites (N-methyl/N-ethyl adjacent to an activating group) is 1. The minimum absolute atomic E-state index is 0.299. The summed E-state index contributed by atoms with van der Waals surface area (Å²) in [6.07, 6.45) is 5.78. The lowest BCUT2D eigenvalue weighted by atomic mass is 10.1. The average Bonchev–Trinajstić information content (AvgIpc) is 3.40. The van der Waals surface area contributed by atoms with Crippen molar-refractivity contribution in [3.63, 3.8) is 0 Å². The van der Waals surface area contributed by atoms with Gasteiger partial charge in [0, 0.05) is 14.1 Å². The van der Waals surface area contributed by atoms with E-state index in [2.05, 4.69) is 152 Å². The van der Waals surface area contributed by atoms with Gasteiger partial charge < -0.3 is 0 Å². The molecule has 1 aliphatic rings. The monoisotopic (exact) mass is 491 g/mol. The van der Waals surface area contributed by atoms with E-state index in [1.54, 1.807) is 5.31 Å². The molecule has 1 aliphatic carbocycles. The zero-order valence-corrected chi connectivity index (χ0v) is 22.1. The van der Waals surface area contributed by atoms with Crippen molar-refractivity contribution in [2.24, 2.45) is 0 Å². The maximum atomic E-state index is 2.61. The molecule has 0 N–H and O–H groups in total. The summed E-state index contributed by atoms with van der Waals surface area (Å²) in [7, 11) is 1.09. The lowest BCUT2D eigenvalue weighted by Crippen LogP contribution is -2.33. The van der Waals surface area contributed by atoms with Crippen LogP contribution in [-0.2, 0) is 0 Å². The van der Waals surface area contributed by atoms with E-state index in [4.69, 9.17) is 0 Å². The molecular formula is C32H31NP2. The molecule has 0 amide bonds. The normalized spacial score (nSPS) is 14.3. The van der Waals surface area contributed by atoms with Gasteiger partial charge in [-0.25, -0.2) is 0 Å². The van der Waals surface area contributed by atoms with E-state index in [1.807, 2.05) is 0 Å². The summed E-state index contributed by atoms with van der Waals surface area (Å²) in [6, 6.07) is 44.4. The van der Waals surface area contributed by atoms with Crippen LogP contribution in [0.2, 0.25) is 0 Å². The molecule has 0 unspecified atom stereocenters. The number of benzene rings is 4. The Morgan fingerprint density at radius 2 is 1.00 bits per heavy atom. The first-order chi connectivity index (χ1) is 17.2. The zero-order chi connectivity index (χ0) is 24.0. The van der Waals surface area contributed by atoms with Crippen LogP contribution in [0.3, 0.4) is 0 Å². The average molecular weight is 492 g/mol. The van der Waals surface area contributed by atoms with Gasteiger partial charge in [-0.2, -0.15) is 0 Å². The molecule has 1 nitrogen and oxygen atoms in total. The van der Waals surface area contributed by atoms with E-state index in [0.29, 0.717) is 6.04 Å². The Labute approximate surface area is 212 Å². The van der Waals surface area contributed by atoms with E-state index in [9.17, 15) is 0 Å². The highest BCUT2D eigenvalue weighted by Gasteiger charge is 2.30. The van der Waals surface area contributed by atoms with Gasteiger partial charge in [0.25, 0.3) is 0 Å². The molecule has 0 spiro atoms. The fourth-order valence-electron chi connectivity index (χ4n) is 4.75. The molecule has 0 bridgehead atoms. The van der Waals surface area contributed by atoms with Crippen LogP contribution in [0.4, 0.5) is 0 Å². The number of hydrogen-bond acceptors (Lipinski definition) is 1. The highest BCUT2D eigenvalue weighted by Crippen LogP contribution is 2.51. The van der Waals surface area contributed by atoms with Crippen molar-refractivity contribution < 1.29 is 0 Å².